The van der Waals surface area contributed by atoms with Crippen molar-refractivity contribution in [2.45, 2.75) is 57.2 Å². The van der Waals surface area contributed by atoms with Crippen molar-refractivity contribution in [2.75, 3.05) is 6.54 Å². The summed E-state index contributed by atoms with van der Waals surface area (Å²) in [5, 5.41) is 22.0. The highest BCUT2D eigenvalue weighted by atomic mass is 16.4. The molecule has 0 saturated carbocycles. The average molecular weight is 355 g/mol. The van der Waals surface area contributed by atoms with Crippen LogP contribution in [0.3, 0.4) is 0 Å². The molecular weight excluding hydrogens is 330 g/mol. The van der Waals surface area contributed by atoms with Crippen molar-refractivity contribution >= 4 is 5.97 Å². The first-order chi connectivity index (χ1) is 12.7. The minimum atomic E-state index is -0.617. The molecule has 7 nitrogen and oxygen atoms in total. The van der Waals surface area contributed by atoms with Gasteiger partial charge in [-0.2, -0.15) is 4.80 Å². The standard InChI is InChI=1S/C19H25N5O2/c25-19(26)16-13-15-9-10-17(16)23(15)11-5-2-6-12-24-21-18(20-22-24)14-7-3-1-4-8-14/h1,3-4,7-8,15-17H,2,5-6,9-13H2,(H,25,26). The predicted octanol–water partition coefficient (Wildman–Crippen LogP) is 2.45. The molecular formula is C19H25N5O2. The van der Waals surface area contributed by atoms with Gasteiger partial charge in [0.25, 0.3) is 0 Å². The summed E-state index contributed by atoms with van der Waals surface area (Å²) in [4.78, 5) is 15.4. The molecule has 0 spiro atoms. The maximum Gasteiger partial charge on any atom is 0.308 e. The van der Waals surface area contributed by atoms with E-state index in [1.54, 1.807) is 4.80 Å². The highest BCUT2D eigenvalue weighted by Crippen LogP contribution is 2.41. The van der Waals surface area contributed by atoms with Crippen LogP contribution in [0.4, 0.5) is 0 Å². The Kier molecular flexibility index (Phi) is 4.97. The number of carboxylic acids is 1. The van der Waals surface area contributed by atoms with Crippen molar-refractivity contribution in [3.05, 3.63) is 30.3 Å². The van der Waals surface area contributed by atoms with E-state index >= 15 is 0 Å². The Morgan fingerprint density at radius 2 is 1.92 bits per heavy atom. The van der Waals surface area contributed by atoms with Crippen LogP contribution in [0.2, 0.25) is 0 Å². The molecule has 3 atom stereocenters. The van der Waals surface area contributed by atoms with E-state index in [1.807, 2.05) is 30.3 Å². The number of fused-ring (bicyclic) bond motifs is 2. The Bertz CT molecular complexity index is 747. The van der Waals surface area contributed by atoms with Crippen LogP contribution >= 0.6 is 0 Å². The average Bonchev–Trinajstić information content (AvgIpc) is 3.37. The van der Waals surface area contributed by atoms with Crippen molar-refractivity contribution in [3.8, 4) is 11.4 Å². The molecule has 2 fully saturated rings. The molecule has 2 aliphatic heterocycles. The van der Waals surface area contributed by atoms with Gasteiger partial charge >= 0.3 is 5.97 Å². The highest BCUT2D eigenvalue weighted by Gasteiger charge is 2.48. The van der Waals surface area contributed by atoms with Crippen LogP contribution in [0.15, 0.2) is 30.3 Å². The van der Waals surface area contributed by atoms with Gasteiger partial charge in [-0.05, 0) is 43.9 Å². The molecule has 3 heterocycles. The SMILES string of the molecule is O=C(O)C1CC2CCC1N2CCCCCn1nnc(-c2ccccc2)n1. The minimum Gasteiger partial charge on any atom is -0.481 e. The van der Waals surface area contributed by atoms with Crippen LogP contribution in [0.5, 0.6) is 0 Å². The number of hydrogen-bond donors (Lipinski definition) is 1. The summed E-state index contributed by atoms with van der Waals surface area (Å²) in [7, 11) is 0. The molecule has 4 rings (SSSR count). The number of carboxylic acid groups (broad SMARTS) is 1. The van der Waals surface area contributed by atoms with E-state index < -0.39 is 5.97 Å². The lowest BCUT2D eigenvalue weighted by atomic mass is 9.89. The van der Waals surface area contributed by atoms with Crippen LogP contribution in [0.25, 0.3) is 11.4 Å². The van der Waals surface area contributed by atoms with E-state index in [-0.39, 0.29) is 12.0 Å². The van der Waals surface area contributed by atoms with Gasteiger partial charge in [0.05, 0.1) is 12.5 Å². The fraction of sp³-hybridized carbons (Fsp3) is 0.579. The molecule has 138 valence electrons. The Hall–Kier alpha value is -2.28. The van der Waals surface area contributed by atoms with E-state index in [0.29, 0.717) is 11.9 Å². The maximum atomic E-state index is 11.3. The first kappa shape index (κ1) is 17.1. The molecule has 0 aliphatic carbocycles. The summed E-state index contributed by atoms with van der Waals surface area (Å²) in [6.45, 7) is 1.78. The highest BCUT2D eigenvalue weighted by molar-refractivity contribution is 5.71. The van der Waals surface area contributed by atoms with Gasteiger partial charge in [0.2, 0.25) is 5.82 Å². The van der Waals surface area contributed by atoms with Gasteiger partial charge in [-0.3, -0.25) is 9.69 Å². The molecule has 7 heteroatoms. The molecule has 0 radical (unpaired) electrons. The van der Waals surface area contributed by atoms with Crippen molar-refractivity contribution in [2.24, 2.45) is 5.92 Å². The number of rotatable bonds is 8. The zero-order valence-corrected chi connectivity index (χ0v) is 14.9. The quantitative estimate of drug-likeness (QED) is 0.732. The Balaban J connectivity index is 1.20. The van der Waals surface area contributed by atoms with E-state index in [9.17, 15) is 9.90 Å². The third-order valence-corrected chi connectivity index (χ3v) is 5.76. The Labute approximate surface area is 153 Å². The molecule has 2 aliphatic rings. The lowest BCUT2D eigenvalue weighted by Crippen LogP contribution is -2.33. The lowest BCUT2D eigenvalue weighted by Gasteiger charge is -2.22. The topological polar surface area (TPSA) is 84.1 Å². The number of nitrogens with zero attached hydrogens (tertiary/aromatic N) is 5. The molecule has 26 heavy (non-hydrogen) atoms. The summed E-state index contributed by atoms with van der Waals surface area (Å²) >= 11 is 0. The zero-order valence-electron chi connectivity index (χ0n) is 14.9. The second-order valence-electron chi connectivity index (χ2n) is 7.35. The van der Waals surface area contributed by atoms with Crippen LogP contribution in [-0.2, 0) is 11.3 Å². The predicted molar refractivity (Wildman–Crippen MR) is 96.4 cm³/mol. The van der Waals surface area contributed by atoms with Gasteiger partial charge in [-0.25, -0.2) is 0 Å². The summed E-state index contributed by atoms with van der Waals surface area (Å²) in [5.41, 5.74) is 0.983. The van der Waals surface area contributed by atoms with Crippen molar-refractivity contribution in [1.29, 1.82) is 0 Å². The molecule has 2 bridgehead atoms. The third kappa shape index (κ3) is 3.49. The van der Waals surface area contributed by atoms with Crippen molar-refractivity contribution in [3.63, 3.8) is 0 Å². The normalized spacial score (nSPS) is 25.0. The molecule has 0 amide bonds. The number of aliphatic carboxylic acids is 1. The van der Waals surface area contributed by atoms with Gasteiger partial charge in [-0.15, -0.1) is 10.2 Å². The molecule has 3 unspecified atom stereocenters. The molecule has 2 saturated heterocycles. The van der Waals surface area contributed by atoms with Gasteiger partial charge in [0, 0.05) is 17.6 Å². The molecule has 1 N–H and O–H groups in total. The second-order valence-corrected chi connectivity index (χ2v) is 7.35. The summed E-state index contributed by atoms with van der Waals surface area (Å²) in [5.74, 6) is -0.0999. The monoisotopic (exact) mass is 355 g/mol. The van der Waals surface area contributed by atoms with Crippen LogP contribution in [0.1, 0.15) is 38.5 Å². The second kappa shape index (κ2) is 7.53. The fourth-order valence-electron chi connectivity index (χ4n) is 4.48. The van der Waals surface area contributed by atoms with E-state index in [1.165, 1.54) is 6.42 Å². The largest absolute Gasteiger partial charge is 0.481 e. The molecule has 2 aromatic rings. The number of benzene rings is 1. The number of tetrazole rings is 1. The minimum absolute atomic E-state index is 0.149. The third-order valence-electron chi connectivity index (χ3n) is 5.76. The maximum absolute atomic E-state index is 11.3. The van der Waals surface area contributed by atoms with Gasteiger partial charge in [-0.1, -0.05) is 36.8 Å². The van der Waals surface area contributed by atoms with Crippen LogP contribution in [0, 0.1) is 5.92 Å². The molecule has 1 aromatic heterocycles. The number of aryl methyl sites for hydroxylation is 1. The van der Waals surface area contributed by atoms with E-state index in [4.69, 9.17) is 0 Å². The summed E-state index contributed by atoms with van der Waals surface area (Å²) in [6.07, 6.45) is 6.25. The fourth-order valence-corrected chi connectivity index (χ4v) is 4.48. The van der Waals surface area contributed by atoms with E-state index in [0.717, 1.165) is 50.8 Å². The number of unbranched alkanes of at least 4 members (excludes halogenated alkanes) is 2. The van der Waals surface area contributed by atoms with Gasteiger partial charge < -0.3 is 5.11 Å². The zero-order chi connectivity index (χ0) is 17.9. The van der Waals surface area contributed by atoms with Gasteiger partial charge in [0.15, 0.2) is 0 Å². The van der Waals surface area contributed by atoms with Gasteiger partial charge in [0.1, 0.15) is 0 Å². The molecule has 1 aromatic carbocycles. The first-order valence-electron chi connectivity index (χ1n) is 9.54. The number of hydrogen-bond acceptors (Lipinski definition) is 5. The van der Waals surface area contributed by atoms with Crippen molar-refractivity contribution in [1.82, 2.24) is 25.1 Å². The van der Waals surface area contributed by atoms with Crippen molar-refractivity contribution < 1.29 is 9.90 Å². The van der Waals surface area contributed by atoms with E-state index in [2.05, 4.69) is 20.3 Å². The summed E-state index contributed by atoms with van der Waals surface area (Å²) < 4.78 is 0. The Morgan fingerprint density at radius 3 is 2.69 bits per heavy atom. The number of carbonyl (C=O) groups is 1. The Morgan fingerprint density at radius 1 is 1.12 bits per heavy atom. The summed E-state index contributed by atoms with van der Waals surface area (Å²) in [6, 6.07) is 10.6. The lowest BCUT2D eigenvalue weighted by molar-refractivity contribution is -0.142. The van der Waals surface area contributed by atoms with Crippen LogP contribution in [-0.4, -0.2) is 54.8 Å². The first-order valence-corrected chi connectivity index (χ1v) is 9.54. The number of aromatic nitrogens is 4. The smallest absolute Gasteiger partial charge is 0.308 e. The van der Waals surface area contributed by atoms with Crippen LogP contribution < -0.4 is 0 Å².